The van der Waals surface area contributed by atoms with Gasteiger partial charge in [-0.2, -0.15) is 0 Å². The van der Waals surface area contributed by atoms with Gasteiger partial charge < -0.3 is 19.7 Å². The molecule has 2 amide bonds. The molecule has 1 aliphatic heterocycles. The minimum atomic E-state index is -0.663. The molecule has 1 heterocycles. The molecule has 1 fully saturated rings. The smallest absolute Gasteiger partial charge is 0.247 e. The van der Waals surface area contributed by atoms with Crippen molar-refractivity contribution in [2.24, 2.45) is 0 Å². The maximum absolute atomic E-state index is 13.0. The molecule has 0 bridgehead atoms. The van der Waals surface area contributed by atoms with Gasteiger partial charge >= 0.3 is 0 Å². The van der Waals surface area contributed by atoms with E-state index in [-0.39, 0.29) is 18.2 Å². The highest BCUT2D eigenvalue weighted by Gasteiger charge is 2.34. The van der Waals surface area contributed by atoms with E-state index in [1.165, 1.54) is 0 Å². The summed E-state index contributed by atoms with van der Waals surface area (Å²) >= 11 is 5.94. The van der Waals surface area contributed by atoms with Crippen molar-refractivity contribution in [3.8, 4) is 11.5 Å². The molecule has 1 aliphatic rings. The summed E-state index contributed by atoms with van der Waals surface area (Å²) in [6, 6.07) is 11.7. The standard InChI is InChI=1S/C20H21ClN2O4/c1-26-16-8-3-13(11-17(16)27-2)12-18(24)23-10-9-22-20(25)19(23)14-4-6-15(21)7-5-14/h3-8,11,19H,9-10,12H2,1-2H3,(H,22,25). The summed E-state index contributed by atoms with van der Waals surface area (Å²) in [5.41, 5.74) is 1.52. The molecule has 1 unspecified atom stereocenters. The number of rotatable bonds is 5. The second-order valence-corrected chi connectivity index (χ2v) is 6.63. The van der Waals surface area contributed by atoms with Gasteiger partial charge in [-0.1, -0.05) is 29.8 Å². The first-order valence-electron chi connectivity index (χ1n) is 8.57. The Kier molecular flexibility index (Phi) is 5.86. The number of amides is 2. The van der Waals surface area contributed by atoms with Gasteiger partial charge in [-0.3, -0.25) is 9.59 Å². The predicted molar refractivity (Wildman–Crippen MR) is 102 cm³/mol. The van der Waals surface area contributed by atoms with Crippen LogP contribution in [0.5, 0.6) is 11.5 Å². The molecule has 0 aromatic heterocycles. The van der Waals surface area contributed by atoms with Crippen molar-refractivity contribution in [3.05, 3.63) is 58.6 Å². The molecule has 0 radical (unpaired) electrons. The van der Waals surface area contributed by atoms with Crippen LogP contribution in [0, 0.1) is 0 Å². The summed E-state index contributed by atoms with van der Waals surface area (Å²) in [5, 5.41) is 3.41. The Morgan fingerprint density at radius 2 is 1.85 bits per heavy atom. The Morgan fingerprint density at radius 3 is 2.52 bits per heavy atom. The fraction of sp³-hybridized carbons (Fsp3) is 0.300. The lowest BCUT2D eigenvalue weighted by Gasteiger charge is -2.35. The number of methoxy groups -OCH3 is 2. The van der Waals surface area contributed by atoms with Crippen molar-refractivity contribution in [3.63, 3.8) is 0 Å². The van der Waals surface area contributed by atoms with Crippen LogP contribution in [0.1, 0.15) is 17.2 Å². The van der Waals surface area contributed by atoms with Gasteiger partial charge in [0.05, 0.1) is 20.6 Å². The van der Waals surface area contributed by atoms with Gasteiger partial charge in [-0.15, -0.1) is 0 Å². The first-order chi connectivity index (χ1) is 13.0. The van der Waals surface area contributed by atoms with E-state index in [4.69, 9.17) is 21.1 Å². The number of halogens is 1. The van der Waals surface area contributed by atoms with Gasteiger partial charge in [-0.05, 0) is 35.4 Å². The van der Waals surface area contributed by atoms with Crippen molar-refractivity contribution in [2.75, 3.05) is 27.3 Å². The fourth-order valence-electron chi connectivity index (χ4n) is 3.18. The number of carbonyl (C=O) groups excluding carboxylic acids is 2. The van der Waals surface area contributed by atoms with E-state index in [0.717, 1.165) is 11.1 Å². The fourth-order valence-corrected chi connectivity index (χ4v) is 3.30. The first kappa shape index (κ1) is 19.0. The first-order valence-corrected chi connectivity index (χ1v) is 8.95. The van der Waals surface area contributed by atoms with E-state index < -0.39 is 6.04 Å². The second kappa shape index (κ2) is 8.31. The Labute approximate surface area is 163 Å². The van der Waals surface area contributed by atoms with Gasteiger partial charge in [0.1, 0.15) is 6.04 Å². The maximum atomic E-state index is 13.0. The lowest BCUT2D eigenvalue weighted by Crippen LogP contribution is -2.52. The van der Waals surface area contributed by atoms with Gasteiger partial charge in [0.25, 0.3) is 0 Å². The van der Waals surface area contributed by atoms with Crippen LogP contribution >= 0.6 is 11.6 Å². The molecule has 142 valence electrons. The number of nitrogens with one attached hydrogen (secondary N) is 1. The van der Waals surface area contributed by atoms with Crippen LogP contribution in [0.3, 0.4) is 0 Å². The highest BCUT2D eigenvalue weighted by atomic mass is 35.5. The monoisotopic (exact) mass is 388 g/mol. The van der Waals surface area contributed by atoms with Crippen LogP contribution in [0.2, 0.25) is 5.02 Å². The average molecular weight is 389 g/mol. The predicted octanol–water partition coefficient (Wildman–Crippen LogP) is 2.60. The van der Waals surface area contributed by atoms with Crippen LogP contribution in [0.4, 0.5) is 0 Å². The van der Waals surface area contributed by atoms with E-state index in [1.54, 1.807) is 55.5 Å². The molecule has 1 saturated heterocycles. The molecular weight excluding hydrogens is 368 g/mol. The quantitative estimate of drug-likeness (QED) is 0.854. The highest BCUT2D eigenvalue weighted by Crippen LogP contribution is 2.29. The van der Waals surface area contributed by atoms with Gasteiger partial charge in [0.15, 0.2) is 11.5 Å². The molecular formula is C20H21ClN2O4. The maximum Gasteiger partial charge on any atom is 0.247 e. The lowest BCUT2D eigenvalue weighted by atomic mass is 10.0. The third kappa shape index (κ3) is 4.17. The summed E-state index contributed by atoms with van der Waals surface area (Å²) in [6.07, 6.45) is 0.164. The number of hydrogen-bond donors (Lipinski definition) is 1. The minimum Gasteiger partial charge on any atom is -0.493 e. The topological polar surface area (TPSA) is 67.9 Å². The Morgan fingerprint density at radius 1 is 1.15 bits per heavy atom. The zero-order valence-electron chi connectivity index (χ0n) is 15.2. The van der Waals surface area contributed by atoms with E-state index in [9.17, 15) is 9.59 Å². The number of benzene rings is 2. The zero-order chi connectivity index (χ0) is 19.4. The van der Waals surface area contributed by atoms with Crippen LogP contribution < -0.4 is 14.8 Å². The highest BCUT2D eigenvalue weighted by molar-refractivity contribution is 6.30. The number of hydrogen-bond acceptors (Lipinski definition) is 4. The number of carbonyl (C=O) groups is 2. The van der Waals surface area contributed by atoms with E-state index in [2.05, 4.69) is 5.32 Å². The summed E-state index contributed by atoms with van der Waals surface area (Å²) < 4.78 is 10.5. The van der Waals surface area contributed by atoms with Gasteiger partial charge in [0, 0.05) is 18.1 Å². The Hall–Kier alpha value is -2.73. The van der Waals surface area contributed by atoms with Crippen molar-refractivity contribution >= 4 is 23.4 Å². The summed E-state index contributed by atoms with van der Waals surface area (Å²) in [5.74, 6) is 0.847. The molecule has 7 heteroatoms. The normalized spacial score (nSPS) is 16.6. The van der Waals surface area contributed by atoms with Crippen LogP contribution in [-0.4, -0.2) is 44.0 Å². The van der Waals surface area contributed by atoms with Crippen LogP contribution in [0.15, 0.2) is 42.5 Å². The molecule has 2 aromatic carbocycles. The molecule has 27 heavy (non-hydrogen) atoms. The Balaban J connectivity index is 1.83. The third-order valence-electron chi connectivity index (χ3n) is 4.52. The molecule has 0 spiro atoms. The van der Waals surface area contributed by atoms with Crippen LogP contribution in [-0.2, 0) is 16.0 Å². The summed E-state index contributed by atoms with van der Waals surface area (Å²) in [7, 11) is 3.11. The van der Waals surface area contributed by atoms with Gasteiger partial charge in [0.2, 0.25) is 11.8 Å². The zero-order valence-corrected chi connectivity index (χ0v) is 16.0. The minimum absolute atomic E-state index is 0.128. The largest absolute Gasteiger partial charge is 0.493 e. The lowest BCUT2D eigenvalue weighted by molar-refractivity contribution is -0.143. The molecule has 1 atom stereocenters. The molecule has 2 aromatic rings. The molecule has 0 saturated carbocycles. The molecule has 1 N–H and O–H groups in total. The number of ether oxygens (including phenoxy) is 2. The summed E-state index contributed by atoms with van der Waals surface area (Å²) in [6.45, 7) is 0.881. The van der Waals surface area contributed by atoms with E-state index in [1.807, 2.05) is 6.07 Å². The average Bonchev–Trinajstić information content (AvgIpc) is 2.68. The second-order valence-electron chi connectivity index (χ2n) is 6.20. The number of nitrogens with zero attached hydrogens (tertiary/aromatic N) is 1. The molecule has 6 nitrogen and oxygen atoms in total. The SMILES string of the molecule is COc1ccc(CC(=O)N2CCNC(=O)C2c2ccc(Cl)cc2)cc1OC. The van der Waals surface area contributed by atoms with E-state index >= 15 is 0 Å². The molecule has 3 rings (SSSR count). The van der Waals surface area contributed by atoms with Gasteiger partial charge in [-0.25, -0.2) is 0 Å². The van der Waals surface area contributed by atoms with Crippen molar-refractivity contribution in [1.82, 2.24) is 10.2 Å². The van der Waals surface area contributed by atoms with Crippen molar-refractivity contribution < 1.29 is 19.1 Å². The summed E-state index contributed by atoms with van der Waals surface area (Å²) in [4.78, 5) is 27.0. The number of piperazine rings is 1. The van der Waals surface area contributed by atoms with Crippen molar-refractivity contribution in [1.29, 1.82) is 0 Å². The molecule has 0 aliphatic carbocycles. The van der Waals surface area contributed by atoms with E-state index in [0.29, 0.717) is 29.6 Å². The Bertz CT molecular complexity index is 838. The van der Waals surface area contributed by atoms with Crippen LogP contribution in [0.25, 0.3) is 0 Å². The van der Waals surface area contributed by atoms with Crippen molar-refractivity contribution in [2.45, 2.75) is 12.5 Å². The third-order valence-corrected chi connectivity index (χ3v) is 4.77.